The highest BCUT2D eigenvalue weighted by Gasteiger charge is 2.37. The molecule has 7 heteroatoms. The van der Waals surface area contributed by atoms with Gasteiger partial charge in [0.2, 0.25) is 0 Å². The Morgan fingerprint density at radius 1 is 1.08 bits per heavy atom. The first-order chi connectivity index (χ1) is 12.3. The lowest BCUT2D eigenvalue weighted by atomic mass is 10.1. The van der Waals surface area contributed by atoms with Crippen molar-refractivity contribution in [2.24, 2.45) is 0 Å². The molecule has 0 atom stereocenters. The van der Waals surface area contributed by atoms with Crippen LogP contribution in [0.15, 0.2) is 39.3 Å². The molecule has 0 unspecified atom stereocenters. The fraction of sp³-hybridized carbons (Fsp3) is 0.263. The second-order valence-corrected chi connectivity index (χ2v) is 7.93. The molecule has 1 aliphatic heterocycles. The third-order valence-corrected chi connectivity index (χ3v) is 4.98. The Labute approximate surface area is 168 Å². The van der Waals surface area contributed by atoms with Gasteiger partial charge in [-0.3, -0.25) is 14.5 Å². The van der Waals surface area contributed by atoms with Crippen LogP contribution >= 0.6 is 31.9 Å². The smallest absolute Gasteiger partial charge is 0.299 e. The number of carbonyl (C=O) groups is 2. The molecule has 1 amide bonds. The summed E-state index contributed by atoms with van der Waals surface area (Å²) in [5.74, 6) is 0.179. The molecule has 1 aliphatic rings. The SMILES string of the molecule is COc1cc(CN2C(=O)C(=O)c3cc(Br)cc(Br)c32)ccc1OC(C)C. The molecule has 1 heterocycles. The van der Waals surface area contributed by atoms with Gasteiger partial charge in [0.15, 0.2) is 11.5 Å². The summed E-state index contributed by atoms with van der Waals surface area (Å²) in [6.07, 6.45) is 0.0220. The Bertz CT molecular complexity index is 895. The maximum absolute atomic E-state index is 12.5. The van der Waals surface area contributed by atoms with Crippen molar-refractivity contribution in [2.75, 3.05) is 12.0 Å². The van der Waals surface area contributed by atoms with E-state index in [0.717, 1.165) is 10.0 Å². The Morgan fingerprint density at radius 2 is 1.81 bits per heavy atom. The number of anilines is 1. The Hall–Kier alpha value is -1.86. The number of ether oxygens (including phenoxy) is 2. The van der Waals surface area contributed by atoms with Gasteiger partial charge in [0.05, 0.1) is 31.0 Å². The number of ketones is 1. The van der Waals surface area contributed by atoms with Gasteiger partial charge in [0.1, 0.15) is 0 Å². The van der Waals surface area contributed by atoms with Crippen LogP contribution in [0.25, 0.3) is 0 Å². The van der Waals surface area contributed by atoms with Crippen molar-refractivity contribution in [2.45, 2.75) is 26.5 Å². The lowest BCUT2D eigenvalue weighted by Crippen LogP contribution is -2.29. The second-order valence-electron chi connectivity index (χ2n) is 6.16. The number of benzene rings is 2. The van der Waals surface area contributed by atoms with E-state index in [0.29, 0.717) is 27.2 Å². The van der Waals surface area contributed by atoms with Gasteiger partial charge in [0.25, 0.3) is 11.7 Å². The molecule has 0 radical (unpaired) electrons. The van der Waals surface area contributed by atoms with Gasteiger partial charge in [-0.25, -0.2) is 0 Å². The molecule has 26 heavy (non-hydrogen) atoms. The molecule has 0 N–H and O–H groups in total. The summed E-state index contributed by atoms with van der Waals surface area (Å²) in [5.41, 5.74) is 1.81. The molecular weight excluding hydrogens is 466 g/mol. The minimum Gasteiger partial charge on any atom is -0.493 e. The van der Waals surface area contributed by atoms with E-state index in [1.54, 1.807) is 13.2 Å². The summed E-state index contributed by atoms with van der Waals surface area (Å²) < 4.78 is 12.5. The first kappa shape index (κ1) is 18.9. The number of amides is 1. The van der Waals surface area contributed by atoms with Crippen LogP contribution in [-0.4, -0.2) is 24.9 Å². The van der Waals surface area contributed by atoms with Gasteiger partial charge in [0, 0.05) is 8.95 Å². The lowest BCUT2D eigenvalue weighted by molar-refractivity contribution is -0.114. The number of rotatable bonds is 5. The molecule has 2 aromatic carbocycles. The van der Waals surface area contributed by atoms with Gasteiger partial charge >= 0.3 is 0 Å². The van der Waals surface area contributed by atoms with Crippen LogP contribution in [0.4, 0.5) is 5.69 Å². The van der Waals surface area contributed by atoms with Crippen molar-refractivity contribution in [3.63, 3.8) is 0 Å². The fourth-order valence-corrected chi connectivity index (χ4v) is 4.29. The Morgan fingerprint density at radius 3 is 2.46 bits per heavy atom. The zero-order chi connectivity index (χ0) is 19.0. The molecule has 0 bridgehead atoms. The average molecular weight is 483 g/mol. The number of hydrogen-bond donors (Lipinski definition) is 0. The van der Waals surface area contributed by atoms with E-state index in [9.17, 15) is 9.59 Å². The maximum Gasteiger partial charge on any atom is 0.299 e. The van der Waals surface area contributed by atoms with Crippen LogP contribution in [0.3, 0.4) is 0 Å². The van der Waals surface area contributed by atoms with Crippen molar-refractivity contribution >= 4 is 49.2 Å². The topological polar surface area (TPSA) is 55.8 Å². The highest BCUT2D eigenvalue weighted by molar-refractivity contribution is 9.11. The van der Waals surface area contributed by atoms with E-state index in [1.807, 2.05) is 38.1 Å². The quantitative estimate of drug-likeness (QED) is 0.577. The number of fused-ring (bicyclic) bond motifs is 1. The molecule has 0 saturated heterocycles. The summed E-state index contributed by atoms with van der Waals surface area (Å²) in [7, 11) is 1.57. The van der Waals surface area contributed by atoms with Gasteiger partial charge in [-0.2, -0.15) is 0 Å². The van der Waals surface area contributed by atoms with Gasteiger partial charge < -0.3 is 9.47 Å². The number of carbonyl (C=O) groups excluding carboxylic acids is 2. The third kappa shape index (κ3) is 3.50. The molecule has 0 fully saturated rings. The van der Waals surface area contributed by atoms with Crippen LogP contribution < -0.4 is 14.4 Å². The predicted octanol–water partition coefficient (Wildman–Crippen LogP) is 4.74. The van der Waals surface area contributed by atoms with E-state index in [4.69, 9.17) is 9.47 Å². The van der Waals surface area contributed by atoms with Gasteiger partial charge in [-0.15, -0.1) is 0 Å². The first-order valence-electron chi connectivity index (χ1n) is 8.00. The monoisotopic (exact) mass is 481 g/mol. The third-order valence-electron chi connectivity index (χ3n) is 3.91. The van der Waals surface area contributed by atoms with E-state index >= 15 is 0 Å². The highest BCUT2D eigenvalue weighted by atomic mass is 79.9. The van der Waals surface area contributed by atoms with Gasteiger partial charge in [-0.1, -0.05) is 22.0 Å². The normalized spacial score (nSPS) is 13.4. The van der Waals surface area contributed by atoms with Crippen LogP contribution in [0.2, 0.25) is 0 Å². The molecule has 0 spiro atoms. The van der Waals surface area contributed by atoms with Crippen molar-refractivity contribution in [1.82, 2.24) is 0 Å². The second kappa shape index (κ2) is 7.40. The summed E-state index contributed by atoms with van der Waals surface area (Å²) in [4.78, 5) is 26.3. The van der Waals surface area contributed by atoms with E-state index in [-0.39, 0.29) is 12.6 Å². The summed E-state index contributed by atoms with van der Waals surface area (Å²) in [5, 5.41) is 0. The Balaban J connectivity index is 1.95. The molecule has 136 valence electrons. The van der Waals surface area contributed by atoms with Crippen molar-refractivity contribution < 1.29 is 19.1 Å². The van der Waals surface area contributed by atoms with Crippen LogP contribution in [0.5, 0.6) is 11.5 Å². The Kier molecular flexibility index (Phi) is 5.39. The first-order valence-corrected chi connectivity index (χ1v) is 9.59. The van der Waals surface area contributed by atoms with Crippen molar-refractivity contribution in [3.8, 4) is 11.5 Å². The molecular formula is C19H17Br2NO4. The van der Waals surface area contributed by atoms with E-state index in [2.05, 4.69) is 31.9 Å². The number of nitrogens with zero attached hydrogens (tertiary/aromatic N) is 1. The fourth-order valence-electron chi connectivity index (χ4n) is 2.85. The number of halogens is 2. The summed E-state index contributed by atoms with van der Waals surface area (Å²) >= 11 is 6.81. The van der Waals surface area contributed by atoms with E-state index in [1.165, 1.54) is 4.90 Å². The van der Waals surface area contributed by atoms with Crippen molar-refractivity contribution in [1.29, 1.82) is 0 Å². The molecule has 2 aromatic rings. The zero-order valence-corrected chi connectivity index (χ0v) is 17.7. The average Bonchev–Trinajstić information content (AvgIpc) is 2.81. The molecule has 0 aliphatic carbocycles. The number of methoxy groups -OCH3 is 1. The summed E-state index contributed by atoms with van der Waals surface area (Å²) in [6, 6.07) is 8.98. The molecule has 3 rings (SSSR count). The highest BCUT2D eigenvalue weighted by Crippen LogP contribution is 2.40. The number of hydrogen-bond acceptors (Lipinski definition) is 4. The van der Waals surface area contributed by atoms with Gasteiger partial charge in [-0.05, 0) is 59.6 Å². The standard InChI is InChI=1S/C19H17Br2NO4/c1-10(2)26-15-5-4-11(6-16(15)25-3)9-22-17-13(18(23)19(22)24)7-12(20)8-14(17)21/h4-8,10H,9H2,1-3H3. The van der Waals surface area contributed by atoms with Crippen LogP contribution in [0, 0.1) is 0 Å². The van der Waals surface area contributed by atoms with E-state index < -0.39 is 11.7 Å². The predicted molar refractivity (Wildman–Crippen MR) is 106 cm³/mol. The zero-order valence-electron chi connectivity index (χ0n) is 14.5. The molecule has 5 nitrogen and oxygen atoms in total. The van der Waals surface area contributed by atoms with Crippen LogP contribution in [-0.2, 0) is 11.3 Å². The minimum atomic E-state index is -0.541. The molecule has 0 aromatic heterocycles. The van der Waals surface area contributed by atoms with Crippen molar-refractivity contribution in [3.05, 3.63) is 50.4 Å². The molecule has 0 saturated carbocycles. The largest absolute Gasteiger partial charge is 0.493 e. The number of Topliss-reactive ketones (excluding diaryl/α,β-unsaturated/α-hetero) is 1. The minimum absolute atomic E-state index is 0.0220. The summed E-state index contributed by atoms with van der Waals surface area (Å²) in [6.45, 7) is 4.14. The maximum atomic E-state index is 12.5. The van der Waals surface area contributed by atoms with Crippen LogP contribution in [0.1, 0.15) is 29.8 Å². The lowest BCUT2D eigenvalue weighted by Gasteiger charge is -2.19.